The minimum absolute atomic E-state index is 0.116. The fraction of sp³-hybridized carbons (Fsp3) is 0.333. The van der Waals surface area contributed by atoms with Crippen molar-refractivity contribution in [3.05, 3.63) is 75.2 Å². The third-order valence-electron chi connectivity index (χ3n) is 5.65. The second kappa shape index (κ2) is 12.6. The number of nitrogens with one attached hydrogen (secondary N) is 2. The standard InChI is InChI=1S/C24H22ClF6N5O5/c25-16-6-4-14(5-7-16)20-34-36(22(41)35(20)11-18(37)24(29,30)31)12-19(38)33-17(10-32-21(39)40)9-13-2-1-3-15(8-13)23(26,27)28/h1-8,17-18,32,37H,9-12H2,(H,33,38)(H,39,40)/t17-,18+/m1/s1. The van der Waals surface area contributed by atoms with Crippen LogP contribution < -0.4 is 16.3 Å². The Kier molecular flexibility index (Phi) is 9.70. The summed E-state index contributed by atoms with van der Waals surface area (Å²) >= 11 is 5.84. The first-order chi connectivity index (χ1) is 19.0. The van der Waals surface area contributed by atoms with Crippen molar-refractivity contribution in [2.75, 3.05) is 6.54 Å². The Hall–Kier alpha value is -4.05. The maximum Gasteiger partial charge on any atom is 0.416 e. The van der Waals surface area contributed by atoms with Gasteiger partial charge >= 0.3 is 24.1 Å². The Morgan fingerprint density at radius 2 is 1.71 bits per heavy atom. The summed E-state index contributed by atoms with van der Waals surface area (Å²) in [5.74, 6) is -1.25. The lowest BCUT2D eigenvalue weighted by molar-refractivity contribution is -0.207. The highest BCUT2D eigenvalue weighted by Crippen LogP contribution is 2.30. The van der Waals surface area contributed by atoms with Crippen molar-refractivity contribution in [3.63, 3.8) is 0 Å². The summed E-state index contributed by atoms with van der Waals surface area (Å²) in [4.78, 5) is 36.7. The second-order valence-corrected chi connectivity index (χ2v) is 9.23. The number of amides is 2. The number of hydrogen-bond acceptors (Lipinski definition) is 5. The molecule has 0 radical (unpaired) electrons. The van der Waals surface area contributed by atoms with Gasteiger partial charge in [-0.3, -0.25) is 9.36 Å². The van der Waals surface area contributed by atoms with Gasteiger partial charge in [0.05, 0.1) is 18.2 Å². The third kappa shape index (κ3) is 8.72. The number of aliphatic hydroxyl groups excluding tert-OH is 1. The van der Waals surface area contributed by atoms with E-state index in [2.05, 4.69) is 10.4 Å². The molecule has 0 spiro atoms. The van der Waals surface area contributed by atoms with Crippen LogP contribution in [-0.2, 0) is 30.5 Å². The molecule has 0 saturated carbocycles. The van der Waals surface area contributed by atoms with E-state index in [-0.39, 0.29) is 28.4 Å². The first kappa shape index (κ1) is 31.5. The number of carbonyl (C=O) groups excluding carboxylic acids is 1. The van der Waals surface area contributed by atoms with E-state index in [1.807, 2.05) is 5.32 Å². The number of carbonyl (C=O) groups is 2. The van der Waals surface area contributed by atoms with Crippen molar-refractivity contribution < 1.29 is 46.1 Å². The molecule has 222 valence electrons. The van der Waals surface area contributed by atoms with Gasteiger partial charge in [0.15, 0.2) is 11.9 Å². The van der Waals surface area contributed by atoms with Crippen molar-refractivity contribution >= 4 is 23.6 Å². The molecule has 10 nitrogen and oxygen atoms in total. The van der Waals surface area contributed by atoms with E-state index >= 15 is 0 Å². The molecule has 17 heteroatoms. The van der Waals surface area contributed by atoms with Gasteiger partial charge < -0.3 is 20.8 Å². The first-order valence-electron chi connectivity index (χ1n) is 11.6. The van der Waals surface area contributed by atoms with Crippen LogP contribution in [0.2, 0.25) is 5.02 Å². The van der Waals surface area contributed by atoms with Gasteiger partial charge in [-0.15, -0.1) is 5.10 Å². The third-order valence-corrected chi connectivity index (χ3v) is 5.91. The molecule has 41 heavy (non-hydrogen) atoms. The lowest BCUT2D eigenvalue weighted by atomic mass is 10.0. The highest BCUT2D eigenvalue weighted by Gasteiger charge is 2.39. The van der Waals surface area contributed by atoms with Gasteiger partial charge in [0.25, 0.3) is 0 Å². The van der Waals surface area contributed by atoms with E-state index in [9.17, 15) is 45.8 Å². The normalized spacial score (nSPS) is 13.5. The van der Waals surface area contributed by atoms with Crippen LogP contribution in [0.1, 0.15) is 11.1 Å². The molecule has 0 unspecified atom stereocenters. The van der Waals surface area contributed by atoms with E-state index < -0.39 is 67.4 Å². The quantitative estimate of drug-likeness (QED) is 0.260. The van der Waals surface area contributed by atoms with Gasteiger partial charge in [-0.1, -0.05) is 29.8 Å². The zero-order valence-corrected chi connectivity index (χ0v) is 21.5. The molecule has 0 aliphatic carbocycles. The fourth-order valence-electron chi connectivity index (χ4n) is 3.75. The van der Waals surface area contributed by atoms with Crippen LogP contribution in [0.25, 0.3) is 11.4 Å². The Bertz CT molecular complexity index is 1440. The summed E-state index contributed by atoms with van der Waals surface area (Å²) in [6, 6.07) is 8.54. The minimum Gasteiger partial charge on any atom is -0.465 e. The number of nitrogens with zero attached hydrogens (tertiary/aromatic N) is 3. The Labute approximate surface area is 232 Å². The van der Waals surface area contributed by atoms with Crippen molar-refractivity contribution in [1.82, 2.24) is 25.0 Å². The van der Waals surface area contributed by atoms with Crippen LogP contribution in [0.15, 0.2) is 53.3 Å². The van der Waals surface area contributed by atoms with Gasteiger partial charge in [0.1, 0.15) is 6.54 Å². The monoisotopic (exact) mass is 609 g/mol. The maximum absolute atomic E-state index is 13.1. The zero-order valence-electron chi connectivity index (χ0n) is 20.7. The molecule has 3 rings (SSSR count). The molecule has 0 bridgehead atoms. The molecule has 4 N–H and O–H groups in total. The van der Waals surface area contributed by atoms with Gasteiger partial charge in [-0.25, -0.2) is 14.3 Å². The van der Waals surface area contributed by atoms with Crippen molar-refractivity contribution in [2.45, 2.75) is 44.0 Å². The molecule has 3 aromatic rings. The zero-order chi connectivity index (χ0) is 30.5. The van der Waals surface area contributed by atoms with Crippen LogP contribution >= 0.6 is 11.6 Å². The molecule has 0 aliphatic rings. The van der Waals surface area contributed by atoms with Crippen molar-refractivity contribution in [3.8, 4) is 11.4 Å². The molecule has 0 saturated heterocycles. The van der Waals surface area contributed by atoms with Crippen LogP contribution in [-0.4, -0.2) is 61.4 Å². The second-order valence-electron chi connectivity index (χ2n) is 8.79. The largest absolute Gasteiger partial charge is 0.465 e. The Morgan fingerprint density at radius 1 is 1.05 bits per heavy atom. The summed E-state index contributed by atoms with van der Waals surface area (Å²) in [7, 11) is 0. The van der Waals surface area contributed by atoms with E-state index in [0.717, 1.165) is 18.2 Å². The molecule has 2 atom stereocenters. The lowest BCUT2D eigenvalue weighted by Gasteiger charge is -2.19. The molecule has 1 heterocycles. The van der Waals surface area contributed by atoms with Gasteiger partial charge in [0.2, 0.25) is 5.91 Å². The molecule has 0 aliphatic heterocycles. The number of rotatable bonds is 10. The van der Waals surface area contributed by atoms with E-state index in [4.69, 9.17) is 16.7 Å². The molecule has 0 fully saturated rings. The average Bonchev–Trinajstić information content (AvgIpc) is 3.16. The highest BCUT2D eigenvalue weighted by atomic mass is 35.5. The fourth-order valence-corrected chi connectivity index (χ4v) is 3.88. The number of halogens is 7. The van der Waals surface area contributed by atoms with E-state index in [1.165, 1.54) is 30.3 Å². The maximum atomic E-state index is 13.1. The topological polar surface area (TPSA) is 138 Å². The van der Waals surface area contributed by atoms with Gasteiger partial charge in [0, 0.05) is 17.1 Å². The van der Waals surface area contributed by atoms with E-state index in [1.54, 1.807) is 0 Å². The number of hydrogen-bond donors (Lipinski definition) is 4. The molecule has 2 aromatic carbocycles. The highest BCUT2D eigenvalue weighted by molar-refractivity contribution is 6.30. The van der Waals surface area contributed by atoms with Crippen molar-refractivity contribution in [2.24, 2.45) is 0 Å². The van der Waals surface area contributed by atoms with Gasteiger partial charge in [-0.2, -0.15) is 26.3 Å². The predicted octanol–water partition coefficient (Wildman–Crippen LogP) is 3.30. The Morgan fingerprint density at radius 3 is 2.29 bits per heavy atom. The summed E-state index contributed by atoms with van der Waals surface area (Å²) in [6.07, 6.45) is -14.4. The van der Waals surface area contributed by atoms with Crippen LogP contribution in [0.5, 0.6) is 0 Å². The van der Waals surface area contributed by atoms with Crippen LogP contribution in [0.4, 0.5) is 31.1 Å². The number of benzene rings is 2. The molecule has 1 aromatic heterocycles. The van der Waals surface area contributed by atoms with Gasteiger partial charge in [-0.05, 0) is 42.3 Å². The SMILES string of the molecule is O=C(O)NC[C@@H](Cc1cccc(C(F)(F)F)c1)NC(=O)Cn1nc(-c2ccc(Cl)cc2)n(C[C@H](O)C(F)(F)F)c1=O. The number of aromatic nitrogens is 3. The summed E-state index contributed by atoms with van der Waals surface area (Å²) in [5, 5.41) is 27.1. The number of alkyl halides is 6. The molecular formula is C24H22ClF6N5O5. The smallest absolute Gasteiger partial charge is 0.416 e. The number of aliphatic hydroxyl groups is 1. The lowest BCUT2D eigenvalue weighted by Crippen LogP contribution is -2.46. The first-order valence-corrected chi connectivity index (χ1v) is 12.0. The van der Waals surface area contributed by atoms with Crippen molar-refractivity contribution in [1.29, 1.82) is 0 Å². The summed E-state index contributed by atoms with van der Waals surface area (Å²) < 4.78 is 79.4. The molecular weight excluding hydrogens is 588 g/mol. The van der Waals surface area contributed by atoms with Crippen LogP contribution in [0.3, 0.4) is 0 Å². The predicted molar refractivity (Wildman–Crippen MR) is 132 cm³/mol. The molecule has 2 amide bonds. The summed E-state index contributed by atoms with van der Waals surface area (Å²) in [6.45, 7) is -2.50. The Balaban J connectivity index is 1.87. The minimum atomic E-state index is -5.07. The van der Waals surface area contributed by atoms with E-state index in [0.29, 0.717) is 9.25 Å². The summed E-state index contributed by atoms with van der Waals surface area (Å²) in [5.41, 5.74) is -1.87. The van der Waals surface area contributed by atoms with Crippen LogP contribution in [0, 0.1) is 0 Å². The number of carboxylic acid groups (broad SMARTS) is 1. The average molecular weight is 610 g/mol.